The highest BCUT2D eigenvalue weighted by Gasteiger charge is 2.38. The molecule has 0 radical (unpaired) electrons. The van der Waals surface area contributed by atoms with Crippen molar-refractivity contribution < 1.29 is 19.1 Å². The van der Waals surface area contributed by atoms with Crippen LogP contribution in [0.25, 0.3) is 0 Å². The number of benzene rings is 2. The molecule has 1 aliphatic rings. The van der Waals surface area contributed by atoms with E-state index in [-0.39, 0.29) is 24.1 Å². The second-order valence-corrected chi connectivity index (χ2v) is 6.40. The summed E-state index contributed by atoms with van der Waals surface area (Å²) in [6.45, 7) is 1.04. The maximum absolute atomic E-state index is 13.2. The van der Waals surface area contributed by atoms with Gasteiger partial charge in [-0.2, -0.15) is 0 Å². The van der Waals surface area contributed by atoms with Crippen LogP contribution in [0.1, 0.15) is 29.9 Å². The Labute approximate surface area is 145 Å². The van der Waals surface area contributed by atoms with Crippen molar-refractivity contribution in [2.75, 3.05) is 6.54 Å². The quantitative estimate of drug-likeness (QED) is 0.906. The number of hydrogen-bond donors (Lipinski definition) is 1. The van der Waals surface area contributed by atoms with Crippen molar-refractivity contribution in [3.05, 3.63) is 71.5 Å². The molecule has 0 saturated carbocycles. The number of nitrogens with zero attached hydrogens (tertiary/aromatic N) is 1. The van der Waals surface area contributed by atoms with Gasteiger partial charge in [-0.05, 0) is 35.6 Å². The van der Waals surface area contributed by atoms with Crippen LogP contribution < -0.4 is 0 Å². The van der Waals surface area contributed by atoms with Gasteiger partial charge < -0.3 is 10.0 Å². The molecule has 130 valence electrons. The SMILES string of the molecule is O=C(O)C[C@@H]1C(=O)N(Cc2ccccc2)CC[C@H]1c1ccc(F)cc1. The molecule has 1 saturated heterocycles. The number of carboxylic acids is 1. The molecule has 1 fully saturated rings. The minimum atomic E-state index is -0.993. The van der Waals surface area contributed by atoms with Crippen LogP contribution in [-0.2, 0) is 16.1 Å². The van der Waals surface area contributed by atoms with Gasteiger partial charge in [-0.3, -0.25) is 9.59 Å². The van der Waals surface area contributed by atoms with Crippen molar-refractivity contribution in [3.63, 3.8) is 0 Å². The molecule has 0 unspecified atom stereocenters. The van der Waals surface area contributed by atoms with Gasteiger partial charge in [0, 0.05) is 13.1 Å². The minimum Gasteiger partial charge on any atom is -0.481 e. The zero-order chi connectivity index (χ0) is 17.8. The summed E-state index contributed by atoms with van der Waals surface area (Å²) in [5, 5.41) is 9.24. The molecular formula is C20H20FNO3. The van der Waals surface area contributed by atoms with E-state index in [9.17, 15) is 19.1 Å². The van der Waals surface area contributed by atoms with E-state index in [2.05, 4.69) is 0 Å². The first-order valence-electron chi connectivity index (χ1n) is 8.34. The molecular weight excluding hydrogens is 321 g/mol. The van der Waals surface area contributed by atoms with Crippen molar-refractivity contribution in [3.8, 4) is 0 Å². The van der Waals surface area contributed by atoms with Crippen molar-refractivity contribution in [1.82, 2.24) is 4.90 Å². The third kappa shape index (κ3) is 4.05. The van der Waals surface area contributed by atoms with Gasteiger partial charge in [0.1, 0.15) is 5.82 Å². The van der Waals surface area contributed by atoms with E-state index < -0.39 is 11.9 Å². The molecule has 4 nitrogen and oxygen atoms in total. The highest BCUT2D eigenvalue weighted by Crippen LogP contribution is 2.36. The van der Waals surface area contributed by atoms with Gasteiger partial charge in [0.15, 0.2) is 0 Å². The fourth-order valence-electron chi connectivity index (χ4n) is 3.50. The number of likely N-dealkylation sites (tertiary alicyclic amines) is 1. The van der Waals surface area contributed by atoms with Crippen LogP contribution in [0.5, 0.6) is 0 Å². The van der Waals surface area contributed by atoms with Crippen molar-refractivity contribution >= 4 is 11.9 Å². The van der Waals surface area contributed by atoms with E-state index in [0.29, 0.717) is 19.5 Å². The minimum absolute atomic E-state index is 0.146. The summed E-state index contributed by atoms with van der Waals surface area (Å²) in [7, 11) is 0. The first-order chi connectivity index (χ1) is 12.0. The summed E-state index contributed by atoms with van der Waals surface area (Å²) < 4.78 is 13.2. The Morgan fingerprint density at radius 1 is 1.12 bits per heavy atom. The summed E-state index contributed by atoms with van der Waals surface area (Å²) in [6, 6.07) is 15.7. The number of carboxylic acid groups (broad SMARTS) is 1. The fraction of sp³-hybridized carbons (Fsp3) is 0.300. The Balaban J connectivity index is 1.82. The number of carbonyl (C=O) groups excluding carboxylic acids is 1. The first-order valence-corrected chi connectivity index (χ1v) is 8.34. The molecule has 1 amide bonds. The average Bonchev–Trinajstić information content (AvgIpc) is 2.60. The molecule has 3 rings (SSSR count). The van der Waals surface area contributed by atoms with Gasteiger partial charge in [-0.15, -0.1) is 0 Å². The summed E-state index contributed by atoms with van der Waals surface area (Å²) in [6.07, 6.45) is 0.453. The summed E-state index contributed by atoms with van der Waals surface area (Å²) in [4.78, 5) is 25.9. The second kappa shape index (κ2) is 7.47. The number of rotatable bonds is 5. The lowest BCUT2D eigenvalue weighted by Gasteiger charge is -2.37. The van der Waals surface area contributed by atoms with E-state index in [1.165, 1.54) is 12.1 Å². The molecule has 5 heteroatoms. The lowest BCUT2D eigenvalue weighted by atomic mass is 9.78. The van der Waals surface area contributed by atoms with Crippen LogP contribution in [0.3, 0.4) is 0 Å². The topological polar surface area (TPSA) is 57.6 Å². The number of carbonyl (C=O) groups is 2. The normalized spacial score (nSPS) is 20.5. The van der Waals surface area contributed by atoms with Gasteiger partial charge >= 0.3 is 5.97 Å². The van der Waals surface area contributed by atoms with Crippen molar-refractivity contribution in [2.24, 2.45) is 5.92 Å². The van der Waals surface area contributed by atoms with Gasteiger partial charge in [0.25, 0.3) is 0 Å². The number of aliphatic carboxylic acids is 1. The van der Waals surface area contributed by atoms with Crippen LogP contribution in [0.2, 0.25) is 0 Å². The Kier molecular flexibility index (Phi) is 5.12. The number of piperidine rings is 1. The predicted octanol–water partition coefficient (Wildman–Crippen LogP) is 3.43. The van der Waals surface area contributed by atoms with Crippen LogP contribution in [0.15, 0.2) is 54.6 Å². The summed E-state index contributed by atoms with van der Waals surface area (Å²) in [5.41, 5.74) is 1.84. The molecule has 1 aliphatic heterocycles. The molecule has 1 N–H and O–H groups in total. The highest BCUT2D eigenvalue weighted by atomic mass is 19.1. The molecule has 2 aromatic carbocycles. The van der Waals surface area contributed by atoms with Crippen LogP contribution >= 0.6 is 0 Å². The summed E-state index contributed by atoms with van der Waals surface area (Å²) in [5.74, 6) is -2.30. The average molecular weight is 341 g/mol. The maximum atomic E-state index is 13.2. The van der Waals surface area contributed by atoms with Gasteiger partial charge in [-0.25, -0.2) is 4.39 Å². The van der Waals surface area contributed by atoms with Gasteiger partial charge in [-0.1, -0.05) is 42.5 Å². The molecule has 0 spiro atoms. The van der Waals surface area contributed by atoms with E-state index in [1.54, 1.807) is 17.0 Å². The maximum Gasteiger partial charge on any atom is 0.304 e. The summed E-state index contributed by atoms with van der Waals surface area (Å²) >= 11 is 0. The first kappa shape index (κ1) is 17.1. The molecule has 2 atom stereocenters. The molecule has 2 aromatic rings. The third-order valence-corrected chi connectivity index (χ3v) is 4.73. The predicted molar refractivity (Wildman–Crippen MR) is 91.4 cm³/mol. The van der Waals surface area contributed by atoms with Crippen LogP contribution in [0, 0.1) is 11.7 Å². The van der Waals surface area contributed by atoms with Crippen LogP contribution in [-0.4, -0.2) is 28.4 Å². The Morgan fingerprint density at radius 2 is 1.80 bits per heavy atom. The molecule has 1 heterocycles. The van der Waals surface area contributed by atoms with Gasteiger partial charge in [0.2, 0.25) is 5.91 Å². The molecule has 0 aliphatic carbocycles. The standard InChI is InChI=1S/C20H20FNO3/c21-16-8-6-15(7-9-16)17-10-11-22(13-14-4-2-1-3-5-14)20(25)18(17)12-19(23)24/h1-9,17-18H,10-13H2,(H,23,24)/t17-,18-/m0/s1. The largest absolute Gasteiger partial charge is 0.481 e. The smallest absolute Gasteiger partial charge is 0.304 e. The van der Waals surface area contributed by atoms with E-state index in [0.717, 1.165) is 11.1 Å². The zero-order valence-electron chi connectivity index (χ0n) is 13.8. The zero-order valence-corrected chi connectivity index (χ0v) is 13.8. The second-order valence-electron chi connectivity index (χ2n) is 6.40. The molecule has 25 heavy (non-hydrogen) atoms. The third-order valence-electron chi connectivity index (χ3n) is 4.73. The van der Waals surface area contributed by atoms with Crippen LogP contribution in [0.4, 0.5) is 4.39 Å². The van der Waals surface area contributed by atoms with E-state index >= 15 is 0 Å². The van der Waals surface area contributed by atoms with E-state index in [4.69, 9.17) is 0 Å². The van der Waals surface area contributed by atoms with Gasteiger partial charge in [0.05, 0.1) is 12.3 Å². The number of hydrogen-bond acceptors (Lipinski definition) is 2. The molecule has 0 bridgehead atoms. The number of halogens is 1. The monoisotopic (exact) mass is 341 g/mol. The van der Waals surface area contributed by atoms with Crippen molar-refractivity contribution in [2.45, 2.75) is 25.3 Å². The lowest BCUT2D eigenvalue weighted by Crippen LogP contribution is -2.45. The highest BCUT2D eigenvalue weighted by molar-refractivity contribution is 5.85. The number of amides is 1. The lowest BCUT2D eigenvalue weighted by molar-refractivity contribution is -0.147. The Bertz CT molecular complexity index is 745. The van der Waals surface area contributed by atoms with E-state index in [1.807, 2.05) is 30.3 Å². The Hall–Kier alpha value is -2.69. The fourth-order valence-corrected chi connectivity index (χ4v) is 3.50. The Morgan fingerprint density at radius 3 is 2.44 bits per heavy atom. The van der Waals surface area contributed by atoms with Crippen molar-refractivity contribution in [1.29, 1.82) is 0 Å². The molecule has 0 aromatic heterocycles.